The number of hydrogen-bond acceptors (Lipinski definition) is 3. The zero-order valence-corrected chi connectivity index (χ0v) is 17.2. The molecule has 19 heavy (non-hydrogen) atoms. The molecular weight excluding hydrogens is 512 g/mol. The zero-order chi connectivity index (χ0) is 14.6. The Kier molecular flexibility index (Phi) is 4.73. The number of aliphatic hydroxyl groups is 1. The second kappa shape index (κ2) is 5.32. The van der Waals surface area contributed by atoms with E-state index in [0.717, 1.165) is 21.8 Å². The first kappa shape index (κ1) is 16.9. The minimum atomic E-state index is -1.02. The molecule has 1 fully saturated rings. The van der Waals surface area contributed by atoms with Crippen LogP contribution in [0.15, 0.2) is 8.96 Å². The minimum absolute atomic E-state index is 0.0209. The molecule has 1 N–H and O–H groups in total. The van der Waals surface area contributed by atoms with Crippen LogP contribution in [-0.4, -0.2) is 39.9 Å². The Hall–Kier alpha value is 1.54. The van der Waals surface area contributed by atoms with E-state index in [1.165, 1.54) is 0 Å². The molecule has 0 aromatic carbocycles. The highest BCUT2D eigenvalue weighted by atomic mass is 79.9. The van der Waals surface area contributed by atoms with Crippen molar-refractivity contribution >= 4 is 63.7 Å². The molecule has 3 nitrogen and oxygen atoms in total. The van der Waals surface area contributed by atoms with E-state index in [4.69, 9.17) is 9.47 Å². The average molecular weight is 528 g/mol. The Bertz CT molecular complexity index is 423. The number of aliphatic hydroxyl groups excluding tert-OH is 1. The van der Waals surface area contributed by atoms with Crippen molar-refractivity contribution in [1.82, 2.24) is 0 Å². The molecule has 110 valence electrons. The third-order valence-electron chi connectivity index (χ3n) is 4.26. The number of fused-ring (bicyclic) bond motifs is 2. The summed E-state index contributed by atoms with van der Waals surface area (Å²) in [6, 6.07) is 0. The van der Waals surface area contributed by atoms with E-state index in [2.05, 4.69) is 70.6 Å². The monoisotopic (exact) mass is 524 g/mol. The fourth-order valence-corrected chi connectivity index (χ4v) is 8.39. The Balaban J connectivity index is 2.70. The van der Waals surface area contributed by atoms with E-state index in [1.54, 1.807) is 14.2 Å². The van der Waals surface area contributed by atoms with Crippen LogP contribution in [-0.2, 0) is 9.47 Å². The third-order valence-corrected chi connectivity index (χ3v) is 10.8. The van der Waals surface area contributed by atoms with E-state index in [-0.39, 0.29) is 5.92 Å². The van der Waals surface area contributed by atoms with Gasteiger partial charge in [0.1, 0.15) is 8.65 Å². The summed E-state index contributed by atoms with van der Waals surface area (Å²) in [6.07, 6.45) is 1.21. The van der Waals surface area contributed by atoms with Gasteiger partial charge in [-0.25, -0.2) is 0 Å². The summed E-state index contributed by atoms with van der Waals surface area (Å²) >= 11 is 14.7. The molecule has 0 aliphatic heterocycles. The molecule has 2 rings (SSSR count). The smallest absolute Gasteiger partial charge is 0.211 e. The second-order valence-corrected chi connectivity index (χ2v) is 9.00. The highest BCUT2D eigenvalue weighted by Gasteiger charge is 2.83. The number of ether oxygens (including phenoxy) is 2. The number of rotatable bonds is 4. The quantitative estimate of drug-likeness (QED) is 0.443. The third kappa shape index (κ3) is 1.64. The minimum Gasteiger partial charge on any atom is -0.391 e. The summed E-state index contributed by atoms with van der Waals surface area (Å²) in [4.78, 5) is 0. The van der Waals surface area contributed by atoms with Crippen LogP contribution in [0.25, 0.3) is 0 Å². The van der Waals surface area contributed by atoms with Gasteiger partial charge >= 0.3 is 0 Å². The molecule has 2 aliphatic rings. The van der Waals surface area contributed by atoms with Crippen molar-refractivity contribution in [2.75, 3.05) is 14.2 Å². The highest BCUT2D eigenvalue weighted by Crippen LogP contribution is 2.74. The lowest BCUT2D eigenvalue weighted by molar-refractivity contribution is -0.216. The summed E-state index contributed by atoms with van der Waals surface area (Å²) in [5, 5.41) is 10.8. The van der Waals surface area contributed by atoms with Gasteiger partial charge in [0, 0.05) is 29.1 Å². The zero-order valence-electron chi connectivity index (χ0n) is 10.8. The van der Waals surface area contributed by atoms with Crippen LogP contribution in [0.2, 0.25) is 0 Å². The van der Waals surface area contributed by atoms with E-state index >= 15 is 0 Å². The molecule has 0 unspecified atom stereocenters. The maximum atomic E-state index is 10.8. The van der Waals surface area contributed by atoms with E-state index < -0.39 is 20.5 Å². The fourth-order valence-electron chi connectivity index (χ4n) is 3.44. The summed E-state index contributed by atoms with van der Waals surface area (Å²) in [5.74, 6) is -1.04. The van der Waals surface area contributed by atoms with Crippen LogP contribution in [0.5, 0.6) is 0 Å². The van der Waals surface area contributed by atoms with E-state index in [0.29, 0.717) is 0 Å². The van der Waals surface area contributed by atoms with Crippen molar-refractivity contribution in [2.45, 2.75) is 40.3 Å². The summed E-state index contributed by atoms with van der Waals surface area (Å²) in [6.45, 7) is 2.10. The molecule has 0 amide bonds. The highest BCUT2D eigenvalue weighted by molar-refractivity contribution is 9.16. The first-order valence-electron chi connectivity index (χ1n) is 6.01. The van der Waals surface area contributed by atoms with E-state index in [9.17, 15) is 5.11 Å². The lowest BCUT2D eigenvalue weighted by Crippen LogP contribution is -2.57. The predicted molar refractivity (Wildman–Crippen MR) is 89.3 cm³/mol. The van der Waals surface area contributed by atoms with Gasteiger partial charge in [-0.05, 0) is 6.42 Å². The maximum Gasteiger partial charge on any atom is 0.211 e. The normalized spacial score (nSPS) is 44.2. The van der Waals surface area contributed by atoms with Crippen molar-refractivity contribution in [3.8, 4) is 0 Å². The molecule has 0 saturated heterocycles. The van der Waals surface area contributed by atoms with Crippen LogP contribution in [0.4, 0.5) is 0 Å². The summed E-state index contributed by atoms with van der Waals surface area (Å²) < 4.78 is 11.8. The standard InChI is InChI=1S/C12H16Br4O3/c1-4-5-6-9(17)11(16)8(14)7(13)10(6,15)12(11,18-2)19-3/h6,9,17H,4-5H2,1-3H3/t6-,9+,10-,11-/m1/s1. The van der Waals surface area contributed by atoms with Crippen LogP contribution in [0, 0.1) is 5.92 Å². The van der Waals surface area contributed by atoms with Gasteiger partial charge in [0.15, 0.2) is 0 Å². The van der Waals surface area contributed by atoms with Crippen LogP contribution in [0.3, 0.4) is 0 Å². The molecular formula is C12H16Br4O3. The molecule has 7 heteroatoms. The average Bonchev–Trinajstić information content (AvgIpc) is 2.63. The van der Waals surface area contributed by atoms with Gasteiger partial charge < -0.3 is 14.6 Å². The molecule has 4 atom stereocenters. The first-order chi connectivity index (χ1) is 8.79. The summed E-state index contributed by atoms with van der Waals surface area (Å²) in [7, 11) is 3.20. The van der Waals surface area contributed by atoms with Gasteiger partial charge in [-0.1, -0.05) is 77.1 Å². The summed E-state index contributed by atoms with van der Waals surface area (Å²) in [5.41, 5.74) is 0. The van der Waals surface area contributed by atoms with Gasteiger partial charge in [0.25, 0.3) is 0 Å². The van der Waals surface area contributed by atoms with Gasteiger partial charge in [-0.15, -0.1) is 0 Å². The van der Waals surface area contributed by atoms with Crippen molar-refractivity contribution in [3.63, 3.8) is 0 Å². The van der Waals surface area contributed by atoms with Gasteiger partial charge in [0.2, 0.25) is 5.79 Å². The van der Waals surface area contributed by atoms with Crippen molar-refractivity contribution < 1.29 is 14.6 Å². The topological polar surface area (TPSA) is 38.7 Å². The Morgan fingerprint density at radius 3 is 1.95 bits per heavy atom. The van der Waals surface area contributed by atoms with Crippen molar-refractivity contribution in [2.24, 2.45) is 5.92 Å². The van der Waals surface area contributed by atoms with Gasteiger partial charge in [-0.3, -0.25) is 0 Å². The maximum absolute atomic E-state index is 10.8. The van der Waals surface area contributed by atoms with Crippen molar-refractivity contribution in [1.29, 1.82) is 0 Å². The molecule has 2 bridgehead atoms. The Labute approximate surface area is 147 Å². The molecule has 0 aromatic heterocycles. The number of hydrogen-bond donors (Lipinski definition) is 1. The molecule has 0 heterocycles. The Morgan fingerprint density at radius 2 is 1.58 bits per heavy atom. The molecule has 0 aromatic rings. The number of halogens is 4. The molecule has 0 spiro atoms. The lowest BCUT2D eigenvalue weighted by atomic mass is 9.86. The predicted octanol–water partition coefficient (Wildman–Crippen LogP) is 4.05. The molecule has 1 saturated carbocycles. The first-order valence-corrected chi connectivity index (χ1v) is 9.19. The van der Waals surface area contributed by atoms with Crippen LogP contribution >= 0.6 is 63.7 Å². The van der Waals surface area contributed by atoms with Gasteiger partial charge in [-0.2, -0.15) is 0 Å². The molecule has 0 radical (unpaired) electrons. The van der Waals surface area contributed by atoms with Crippen LogP contribution in [0.1, 0.15) is 19.8 Å². The number of methoxy groups -OCH3 is 2. The lowest BCUT2D eigenvalue weighted by Gasteiger charge is -2.41. The van der Waals surface area contributed by atoms with Crippen molar-refractivity contribution in [3.05, 3.63) is 8.96 Å². The van der Waals surface area contributed by atoms with E-state index in [1.807, 2.05) is 0 Å². The largest absolute Gasteiger partial charge is 0.391 e. The fraction of sp³-hybridized carbons (Fsp3) is 0.833. The van der Waals surface area contributed by atoms with Crippen LogP contribution < -0.4 is 0 Å². The molecule has 2 aliphatic carbocycles. The number of alkyl halides is 2. The Morgan fingerprint density at radius 1 is 1.11 bits per heavy atom. The SMILES string of the molecule is CCC[C@@H]1[C@H](O)[C@]2(Br)C(Br)=C(Br)[C@@]1(Br)C2(OC)OC. The van der Waals surface area contributed by atoms with Gasteiger partial charge in [0.05, 0.1) is 6.10 Å². The second-order valence-electron chi connectivity index (χ2n) is 4.92.